The van der Waals surface area contributed by atoms with Crippen molar-refractivity contribution in [3.63, 3.8) is 0 Å². The number of piperidine rings is 1. The minimum atomic E-state index is 0.225. The van der Waals surface area contributed by atoms with Crippen LogP contribution in [0.2, 0.25) is 0 Å². The van der Waals surface area contributed by atoms with Crippen molar-refractivity contribution in [1.29, 1.82) is 0 Å². The standard InChI is InChI=1S/C28H29N5O/c34-27-13-4-5-15-33(27)26-12-6-10-23(16-26)17-30-19-25-21-32(20-22-8-2-1-3-9-22)31-28(25)24-11-7-14-29-18-24/h1-3,6-12,14,16,18,21,30H,4-5,13,15,17,19-20H2. The molecule has 0 radical (unpaired) electrons. The molecule has 0 atom stereocenters. The summed E-state index contributed by atoms with van der Waals surface area (Å²) in [6, 6.07) is 22.6. The lowest BCUT2D eigenvalue weighted by atomic mass is 10.1. The van der Waals surface area contributed by atoms with Crippen molar-refractivity contribution in [3.8, 4) is 11.3 Å². The molecule has 1 aliphatic heterocycles. The molecule has 2 aromatic heterocycles. The molecule has 3 heterocycles. The number of nitrogens with one attached hydrogen (secondary N) is 1. The lowest BCUT2D eigenvalue weighted by molar-refractivity contribution is -0.119. The Bertz CT molecular complexity index is 1240. The monoisotopic (exact) mass is 451 g/mol. The third kappa shape index (κ3) is 5.24. The SMILES string of the molecule is O=C1CCCCN1c1cccc(CNCc2cn(Cc3ccccc3)nc2-c2cccnc2)c1. The number of pyridine rings is 1. The van der Waals surface area contributed by atoms with E-state index in [4.69, 9.17) is 5.10 Å². The van der Waals surface area contributed by atoms with Gasteiger partial charge >= 0.3 is 0 Å². The molecule has 0 bridgehead atoms. The molecule has 2 aromatic carbocycles. The second-order valence-electron chi connectivity index (χ2n) is 8.70. The molecule has 1 fully saturated rings. The van der Waals surface area contributed by atoms with E-state index in [1.807, 2.05) is 46.1 Å². The molecule has 0 aliphatic carbocycles. The van der Waals surface area contributed by atoms with Gasteiger partial charge in [-0.1, -0.05) is 42.5 Å². The van der Waals surface area contributed by atoms with Crippen molar-refractivity contribution in [1.82, 2.24) is 20.1 Å². The van der Waals surface area contributed by atoms with Gasteiger partial charge in [-0.15, -0.1) is 0 Å². The number of hydrogen-bond acceptors (Lipinski definition) is 4. The summed E-state index contributed by atoms with van der Waals surface area (Å²) < 4.78 is 2.00. The summed E-state index contributed by atoms with van der Waals surface area (Å²) in [6.45, 7) is 2.93. The van der Waals surface area contributed by atoms with E-state index in [-0.39, 0.29) is 5.91 Å². The molecule has 1 N–H and O–H groups in total. The molecule has 5 rings (SSSR count). The minimum absolute atomic E-state index is 0.225. The summed E-state index contributed by atoms with van der Waals surface area (Å²) >= 11 is 0. The van der Waals surface area contributed by atoms with Crippen LogP contribution in [0.3, 0.4) is 0 Å². The molecule has 0 spiro atoms. The highest BCUT2D eigenvalue weighted by atomic mass is 16.2. The van der Waals surface area contributed by atoms with Crippen LogP contribution in [-0.2, 0) is 24.4 Å². The van der Waals surface area contributed by atoms with Gasteiger partial charge in [-0.25, -0.2) is 0 Å². The first-order chi connectivity index (χ1) is 16.8. The maximum Gasteiger partial charge on any atom is 0.226 e. The second kappa shape index (κ2) is 10.4. The molecule has 34 heavy (non-hydrogen) atoms. The Kier molecular flexibility index (Phi) is 6.77. The number of rotatable bonds is 8. The van der Waals surface area contributed by atoms with Crippen LogP contribution >= 0.6 is 0 Å². The van der Waals surface area contributed by atoms with Crippen LogP contribution in [-0.4, -0.2) is 27.2 Å². The zero-order valence-electron chi connectivity index (χ0n) is 19.2. The van der Waals surface area contributed by atoms with Gasteiger partial charge in [-0.05, 0) is 48.2 Å². The van der Waals surface area contributed by atoms with E-state index < -0.39 is 0 Å². The number of carbonyl (C=O) groups is 1. The average Bonchev–Trinajstić information content (AvgIpc) is 3.28. The van der Waals surface area contributed by atoms with E-state index in [2.05, 4.69) is 52.9 Å². The van der Waals surface area contributed by atoms with Crippen LogP contribution < -0.4 is 10.2 Å². The topological polar surface area (TPSA) is 63.1 Å². The van der Waals surface area contributed by atoms with Gasteiger partial charge in [0, 0.05) is 61.5 Å². The first kappa shape index (κ1) is 22.0. The van der Waals surface area contributed by atoms with E-state index in [1.54, 1.807) is 6.20 Å². The van der Waals surface area contributed by atoms with Crippen LogP contribution in [0.15, 0.2) is 85.3 Å². The van der Waals surface area contributed by atoms with Crippen LogP contribution in [0.5, 0.6) is 0 Å². The largest absolute Gasteiger partial charge is 0.312 e. The third-order valence-corrected chi connectivity index (χ3v) is 6.15. The third-order valence-electron chi connectivity index (χ3n) is 6.15. The van der Waals surface area contributed by atoms with Gasteiger partial charge in [0.2, 0.25) is 5.91 Å². The summed E-state index contributed by atoms with van der Waals surface area (Å²) in [5.41, 5.74) is 6.46. The Balaban J connectivity index is 1.30. The first-order valence-electron chi connectivity index (χ1n) is 11.9. The Hall–Kier alpha value is -3.77. The fourth-order valence-corrected chi connectivity index (χ4v) is 4.44. The number of hydrogen-bond donors (Lipinski definition) is 1. The molecule has 6 heteroatoms. The van der Waals surface area contributed by atoms with Crippen molar-refractivity contribution in [2.75, 3.05) is 11.4 Å². The quantitative estimate of drug-likeness (QED) is 0.418. The van der Waals surface area contributed by atoms with Crippen molar-refractivity contribution in [2.24, 2.45) is 0 Å². The highest BCUT2D eigenvalue weighted by Gasteiger charge is 2.19. The predicted octanol–water partition coefficient (Wildman–Crippen LogP) is 4.80. The number of carbonyl (C=O) groups excluding carboxylic acids is 1. The average molecular weight is 452 g/mol. The van der Waals surface area contributed by atoms with Gasteiger partial charge in [0.15, 0.2) is 0 Å². The number of aromatic nitrogens is 3. The highest BCUT2D eigenvalue weighted by molar-refractivity contribution is 5.94. The van der Waals surface area contributed by atoms with Crippen LogP contribution in [0, 0.1) is 0 Å². The number of amides is 1. The summed E-state index contributed by atoms with van der Waals surface area (Å²) in [4.78, 5) is 18.5. The second-order valence-corrected chi connectivity index (χ2v) is 8.70. The Morgan fingerprint density at radius 3 is 2.62 bits per heavy atom. The van der Waals surface area contributed by atoms with Gasteiger partial charge in [0.1, 0.15) is 0 Å². The molecule has 1 saturated heterocycles. The zero-order valence-corrected chi connectivity index (χ0v) is 19.2. The normalized spacial score (nSPS) is 13.9. The molecule has 0 saturated carbocycles. The van der Waals surface area contributed by atoms with Crippen LogP contribution in [0.4, 0.5) is 5.69 Å². The zero-order chi connectivity index (χ0) is 23.2. The molecular weight excluding hydrogens is 422 g/mol. The van der Waals surface area contributed by atoms with Crippen molar-refractivity contribution in [2.45, 2.75) is 38.9 Å². The molecule has 0 unspecified atom stereocenters. The molecule has 1 aliphatic rings. The fraction of sp³-hybridized carbons (Fsp3) is 0.250. The lowest BCUT2D eigenvalue weighted by Crippen LogP contribution is -2.35. The minimum Gasteiger partial charge on any atom is -0.312 e. The number of nitrogens with zero attached hydrogens (tertiary/aromatic N) is 4. The van der Waals surface area contributed by atoms with Crippen LogP contribution in [0.25, 0.3) is 11.3 Å². The van der Waals surface area contributed by atoms with Crippen molar-refractivity contribution >= 4 is 11.6 Å². The van der Waals surface area contributed by atoms with Gasteiger partial charge in [0.05, 0.1) is 12.2 Å². The number of benzene rings is 2. The van der Waals surface area contributed by atoms with Crippen molar-refractivity contribution < 1.29 is 4.79 Å². The molecule has 172 valence electrons. The molecular formula is C28H29N5O. The fourth-order valence-electron chi connectivity index (χ4n) is 4.44. The Labute approximate surface area is 200 Å². The highest BCUT2D eigenvalue weighted by Crippen LogP contribution is 2.23. The van der Waals surface area contributed by atoms with Gasteiger partial charge < -0.3 is 10.2 Å². The predicted molar refractivity (Wildman–Crippen MR) is 134 cm³/mol. The number of anilines is 1. The summed E-state index contributed by atoms with van der Waals surface area (Å²) in [5, 5.41) is 8.45. The maximum absolute atomic E-state index is 12.3. The van der Waals surface area contributed by atoms with E-state index in [9.17, 15) is 4.79 Å². The summed E-state index contributed by atoms with van der Waals surface area (Å²) in [6.07, 6.45) is 8.46. The molecule has 1 amide bonds. The van der Waals surface area contributed by atoms with Crippen LogP contribution in [0.1, 0.15) is 36.0 Å². The Morgan fingerprint density at radius 2 is 1.79 bits per heavy atom. The Morgan fingerprint density at radius 1 is 0.912 bits per heavy atom. The van der Waals surface area contributed by atoms with E-state index in [1.165, 1.54) is 5.56 Å². The summed E-state index contributed by atoms with van der Waals surface area (Å²) in [7, 11) is 0. The first-order valence-corrected chi connectivity index (χ1v) is 11.9. The smallest absolute Gasteiger partial charge is 0.226 e. The molecule has 4 aromatic rings. The lowest BCUT2D eigenvalue weighted by Gasteiger charge is -2.27. The van der Waals surface area contributed by atoms with Gasteiger partial charge in [-0.3, -0.25) is 14.5 Å². The van der Waals surface area contributed by atoms with Gasteiger partial charge in [-0.2, -0.15) is 5.10 Å². The van der Waals surface area contributed by atoms with E-state index >= 15 is 0 Å². The van der Waals surface area contributed by atoms with Crippen molar-refractivity contribution in [3.05, 3.63) is 102 Å². The molecule has 6 nitrogen and oxygen atoms in total. The van der Waals surface area contributed by atoms with E-state index in [0.717, 1.165) is 54.0 Å². The summed E-state index contributed by atoms with van der Waals surface area (Å²) in [5.74, 6) is 0.225. The maximum atomic E-state index is 12.3. The van der Waals surface area contributed by atoms with Gasteiger partial charge in [0.25, 0.3) is 0 Å². The van der Waals surface area contributed by atoms with E-state index in [0.29, 0.717) is 19.5 Å².